The van der Waals surface area contributed by atoms with Gasteiger partial charge in [-0.05, 0) is 48.2 Å². The number of piperazine rings is 1. The van der Waals surface area contributed by atoms with Crippen LogP contribution in [0.4, 0.5) is 5.69 Å². The molecule has 0 aromatic heterocycles. The van der Waals surface area contributed by atoms with Crippen LogP contribution in [0.2, 0.25) is 0 Å². The predicted molar refractivity (Wildman–Crippen MR) is 112 cm³/mol. The highest BCUT2D eigenvalue weighted by atomic mass is 16.5. The maximum absolute atomic E-state index is 10.4. The summed E-state index contributed by atoms with van der Waals surface area (Å²) in [5.74, 6) is 1.35. The second-order valence-electron chi connectivity index (χ2n) is 7.76. The molecule has 2 aromatic carbocycles. The molecular weight excluding hydrogens is 336 g/mol. The molecule has 4 nitrogen and oxygen atoms in total. The summed E-state index contributed by atoms with van der Waals surface area (Å²) in [6.07, 6.45) is -0.474. The minimum atomic E-state index is -0.474. The molecule has 1 atom stereocenters. The van der Waals surface area contributed by atoms with E-state index in [-0.39, 0.29) is 0 Å². The van der Waals surface area contributed by atoms with Crippen molar-refractivity contribution < 1.29 is 9.84 Å². The summed E-state index contributed by atoms with van der Waals surface area (Å²) in [6, 6.07) is 16.7. The molecule has 3 rings (SSSR count). The number of hydrogen-bond donors (Lipinski definition) is 1. The molecule has 1 N–H and O–H groups in total. The third-order valence-corrected chi connectivity index (χ3v) is 5.27. The van der Waals surface area contributed by atoms with Crippen LogP contribution >= 0.6 is 0 Å². The van der Waals surface area contributed by atoms with Gasteiger partial charge in [-0.1, -0.05) is 38.1 Å². The smallest absolute Gasteiger partial charge is 0.119 e. The van der Waals surface area contributed by atoms with E-state index in [9.17, 15) is 5.11 Å². The van der Waals surface area contributed by atoms with Crippen LogP contribution in [0, 0.1) is 6.92 Å². The fourth-order valence-electron chi connectivity index (χ4n) is 3.76. The Morgan fingerprint density at radius 3 is 2.33 bits per heavy atom. The van der Waals surface area contributed by atoms with E-state index in [1.54, 1.807) is 0 Å². The van der Waals surface area contributed by atoms with Gasteiger partial charge in [0.2, 0.25) is 0 Å². The van der Waals surface area contributed by atoms with Crippen LogP contribution in [0.5, 0.6) is 5.75 Å². The lowest BCUT2D eigenvalue weighted by Gasteiger charge is -2.36. The second kappa shape index (κ2) is 9.25. The average molecular weight is 369 g/mol. The Morgan fingerprint density at radius 2 is 1.70 bits per heavy atom. The number of nitrogens with zero attached hydrogens (tertiary/aromatic N) is 2. The lowest BCUT2D eigenvalue weighted by molar-refractivity contribution is 0.0663. The Bertz CT molecular complexity index is 710. The van der Waals surface area contributed by atoms with E-state index in [0.717, 1.165) is 31.9 Å². The normalized spacial score (nSPS) is 16.6. The van der Waals surface area contributed by atoms with Crippen molar-refractivity contribution in [1.29, 1.82) is 0 Å². The summed E-state index contributed by atoms with van der Waals surface area (Å²) < 4.78 is 5.83. The highest BCUT2D eigenvalue weighted by molar-refractivity contribution is 5.46. The van der Waals surface area contributed by atoms with Crippen molar-refractivity contribution in [2.45, 2.75) is 32.8 Å². The van der Waals surface area contributed by atoms with Gasteiger partial charge < -0.3 is 14.7 Å². The first-order chi connectivity index (χ1) is 13.0. The number of para-hydroxylation sites is 1. The van der Waals surface area contributed by atoms with Crippen LogP contribution < -0.4 is 9.64 Å². The number of β-amino-alcohol motifs (C(OH)–C–C–N with tert-alkyl or cyclic N) is 1. The molecule has 0 saturated carbocycles. The monoisotopic (exact) mass is 368 g/mol. The number of aliphatic hydroxyl groups is 1. The Morgan fingerprint density at radius 1 is 1.00 bits per heavy atom. The van der Waals surface area contributed by atoms with Crippen LogP contribution in [-0.2, 0) is 0 Å². The minimum absolute atomic E-state index is 0.333. The molecule has 146 valence electrons. The fourth-order valence-corrected chi connectivity index (χ4v) is 3.76. The van der Waals surface area contributed by atoms with Gasteiger partial charge in [0.15, 0.2) is 0 Å². The maximum Gasteiger partial charge on any atom is 0.119 e. The standard InChI is InChI=1S/C23H32N2O2/c1-18(2)23-10-9-22(15-19(23)3)27-17-21(26)16-24-11-13-25(14-12-24)20-7-5-4-6-8-20/h4-10,15,18,21,26H,11-14,16-17H2,1-3H3. The first-order valence-electron chi connectivity index (χ1n) is 9.96. The Hall–Kier alpha value is -2.04. The molecule has 1 heterocycles. The van der Waals surface area contributed by atoms with Gasteiger partial charge in [0, 0.05) is 38.4 Å². The number of ether oxygens (including phenoxy) is 1. The average Bonchev–Trinajstić information content (AvgIpc) is 2.67. The number of aryl methyl sites for hydroxylation is 1. The molecule has 1 aliphatic heterocycles. The van der Waals surface area contributed by atoms with Gasteiger partial charge in [-0.25, -0.2) is 0 Å². The van der Waals surface area contributed by atoms with E-state index in [1.807, 2.05) is 12.1 Å². The summed E-state index contributed by atoms with van der Waals surface area (Å²) in [5.41, 5.74) is 3.87. The zero-order chi connectivity index (χ0) is 19.2. The fraction of sp³-hybridized carbons (Fsp3) is 0.478. The van der Waals surface area contributed by atoms with Crippen LogP contribution in [-0.4, -0.2) is 55.4 Å². The van der Waals surface area contributed by atoms with Crippen molar-refractivity contribution in [2.24, 2.45) is 0 Å². The zero-order valence-corrected chi connectivity index (χ0v) is 16.8. The van der Waals surface area contributed by atoms with Crippen molar-refractivity contribution in [3.8, 4) is 5.75 Å². The summed E-state index contributed by atoms with van der Waals surface area (Å²) in [7, 11) is 0. The Labute approximate surface area is 163 Å². The SMILES string of the molecule is Cc1cc(OCC(O)CN2CCN(c3ccccc3)CC2)ccc1C(C)C. The van der Waals surface area contributed by atoms with Gasteiger partial charge in [0.25, 0.3) is 0 Å². The number of anilines is 1. The molecule has 0 bridgehead atoms. The number of hydrogen-bond acceptors (Lipinski definition) is 4. The molecule has 0 amide bonds. The van der Waals surface area contributed by atoms with Gasteiger partial charge in [0.1, 0.15) is 18.5 Å². The lowest BCUT2D eigenvalue weighted by atomic mass is 9.98. The highest BCUT2D eigenvalue weighted by Gasteiger charge is 2.19. The topological polar surface area (TPSA) is 35.9 Å². The minimum Gasteiger partial charge on any atom is -0.491 e. The summed E-state index contributed by atoms with van der Waals surface area (Å²) in [4.78, 5) is 4.72. The number of benzene rings is 2. The van der Waals surface area contributed by atoms with Gasteiger partial charge in [0.05, 0.1) is 0 Å². The van der Waals surface area contributed by atoms with Crippen molar-refractivity contribution >= 4 is 5.69 Å². The van der Waals surface area contributed by atoms with E-state index in [4.69, 9.17) is 4.74 Å². The number of rotatable bonds is 7. The first-order valence-corrected chi connectivity index (χ1v) is 9.96. The Kier molecular flexibility index (Phi) is 6.75. The molecule has 2 aromatic rings. The quantitative estimate of drug-likeness (QED) is 0.809. The van der Waals surface area contributed by atoms with E-state index in [0.29, 0.717) is 19.1 Å². The molecule has 1 unspecified atom stereocenters. The summed E-state index contributed by atoms with van der Waals surface area (Å²) in [5, 5.41) is 10.4. The summed E-state index contributed by atoms with van der Waals surface area (Å²) >= 11 is 0. The number of aliphatic hydroxyl groups excluding tert-OH is 1. The lowest BCUT2D eigenvalue weighted by Crippen LogP contribution is -2.49. The van der Waals surface area contributed by atoms with E-state index >= 15 is 0 Å². The van der Waals surface area contributed by atoms with Crippen molar-refractivity contribution in [3.05, 3.63) is 59.7 Å². The predicted octanol–water partition coefficient (Wildman–Crippen LogP) is 3.68. The maximum atomic E-state index is 10.4. The van der Waals surface area contributed by atoms with Crippen molar-refractivity contribution in [2.75, 3.05) is 44.2 Å². The van der Waals surface area contributed by atoms with Crippen molar-refractivity contribution in [3.63, 3.8) is 0 Å². The summed E-state index contributed by atoms with van der Waals surface area (Å²) in [6.45, 7) is 11.4. The molecule has 1 fully saturated rings. The molecule has 0 spiro atoms. The van der Waals surface area contributed by atoms with Crippen molar-refractivity contribution in [1.82, 2.24) is 4.90 Å². The molecule has 1 aliphatic rings. The third-order valence-electron chi connectivity index (χ3n) is 5.27. The molecule has 27 heavy (non-hydrogen) atoms. The molecule has 0 aliphatic carbocycles. The molecular formula is C23H32N2O2. The molecule has 1 saturated heterocycles. The van der Waals surface area contributed by atoms with Gasteiger partial charge >= 0.3 is 0 Å². The van der Waals surface area contributed by atoms with E-state index in [2.05, 4.69) is 67.0 Å². The molecule has 0 radical (unpaired) electrons. The van der Waals surface area contributed by atoms with E-state index < -0.39 is 6.10 Å². The second-order valence-corrected chi connectivity index (χ2v) is 7.76. The van der Waals surface area contributed by atoms with Gasteiger partial charge in [-0.15, -0.1) is 0 Å². The van der Waals surface area contributed by atoms with Crippen LogP contribution in [0.15, 0.2) is 48.5 Å². The van der Waals surface area contributed by atoms with Crippen LogP contribution in [0.25, 0.3) is 0 Å². The van der Waals surface area contributed by atoms with Gasteiger partial charge in [-0.3, -0.25) is 4.90 Å². The van der Waals surface area contributed by atoms with E-state index in [1.165, 1.54) is 16.8 Å². The van der Waals surface area contributed by atoms with Crippen LogP contribution in [0.1, 0.15) is 30.9 Å². The van der Waals surface area contributed by atoms with Crippen LogP contribution in [0.3, 0.4) is 0 Å². The third kappa shape index (κ3) is 5.47. The Balaban J connectivity index is 1.42. The zero-order valence-electron chi connectivity index (χ0n) is 16.8. The highest BCUT2D eigenvalue weighted by Crippen LogP contribution is 2.23. The first kappa shape index (κ1) is 19.7. The van der Waals surface area contributed by atoms with Gasteiger partial charge in [-0.2, -0.15) is 0 Å². The largest absolute Gasteiger partial charge is 0.491 e. The molecule has 4 heteroatoms.